The van der Waals surface area contributed by atoms with Gasteiger partial charge >= 0.3 is 0 Å². The Labute approximate surface area is 69.4 Å². The minimum Gasteiger partial charge on any atom is -0.492 e. The first-order chi connectivity index (χ1) is 5.74. The topological polar surface area (TPSA) is 52.3 Å². The smallest absolute Gasteiger partial charge is 0.194 e. The van der Waals surface area contributed by atoms with E-state index in [9.17, 15) is 4.79 Å². The van der Waals surface area contributed by atoms with Crippen molar-refractivity contribution in [2.45, 2.75) is 6.92 Å². The quantitative estimate of drug-likeness (QED) is 0.673. The summed E-state index contributed by atoms with van der Waals surface area (Å²) in [5.41, 5.74) is 6.26. The van der Waals surface area contributed by atoms with Gasteiger partial charge in [0, 0.05) is 10.8 Å². The number of nitrogen functional groups attached to an aromatic ring is 1. The highest BCUT2D eigenvalue weighted by Crippen LogP contribution is 2.28. The summed E-state index contributed by atoms with van der Waals surface area (Å²) in [5, 5.41) is 1.48. The monoisotopic (exact) mass is 163 g/mol. The van der Waals surface area contributed by atoms with Gasteiger partial charge in [0.25, 0.3) is 0 Å². The van der Waals surface area contributed by atoms with E-state index in [1.807, 2.05) is 6.92 Å². The van der Waals surface area contributed by atoms with Crippen molar-refractivity contribution in [3.8, 4) is 5.75 Å². The number of rotatable bonds is 2. The molecular weight excluding hydrogens is 154 g/mol. The van der Waals surface area contributed by atoms with Crippen molar-refractivity contribution in [3.63, 3.8) is 0 Å². The molecule has 3 nitrogen and oxygen atoms in total. The highest BCUT2D eigenvalue weighted by Gasteiger charge is 2.15. The molecule has 0 amide bonds. The van der Waals surface area contributed by atoms with Gasteiger partial charge in [-0.25, -0.2) is 0 Å². The van der Waals surface area contributed by atoms with Crippen LogP contribution >= 0.6 is 0 Å². The molecule has 62 valence electrons. The molecule has 2 rings (SSSR count). The van der Waals surface area contributed by atoms with Gasteiger partial charge in [0.05, 0.1) is 12.3 Å². The van der Waals surface area contributed by atoms with E-state index in [1.165, 1.54) is 0 Å². The van der Waals surface area contributed by atoms with Crippen LogP contribution in [0.1, 0.15) is 6.92 Å². The molecule has 0 unspecified atom stereocenters. The number of hydrogen-bond donors (Lipinski definition) is 1. The molecule has 3 heteroatoms. The fraction of sp³-hybridized carbons (Fsp3) is 0.222. The van der Waals surface area contributed by atoms with E-state index in [-0.39, 0.29) is 5.43 Å². The maximum absolute atomic E-state index is 10.9. The second-order valence-electron chi connectivity index (χ2n) is 2.70. The highest BCUT2D eigenvalue weighted by molar-refractivity contribution is 6.00. The van der Waals surface area contributed by atoms with Crippen molar-refractivity contribution in [3.05, 3.63) is 22.4 Å². The summed E-state index contributed by atoms with van der Waals surface area (Å²) in [6.45, 7) is 2.45. The number of hydrogen-bond acceptors (Lipinski definition) is 3. The van der Waals surface area contributed by atoms with Crippen LogP contribution in [0, 0.1) is 0 Å². The third kappa shape index (κ3) is 0.863. The SMILES string of the molecule is CCOc1cc2c(=O)c2cc1N. The molecule has 0 aliphatic heterocycles. The predicted octanol–water partition coefficient (Wildman–Crippen LogP) is 1.06. The van der Waals surface area contributed by atoms with Crippen LogP contribution in [-0.4, -0.2) is 6.61 Å². The molecule has 12 heavy (non-hydrogen) atoms. The summed E-state index contributed by atoms with van der Waals surface area (Å²) in [6, 6.07) is 3.37. The first kappa shape index (κ1) is 7.16. The van der Waals surface area contributed by atoms with E-state index in [0.29, 0.717) is 18.0 Å². The Kier molecular flexibility index (Phi) is 1.33. The number of fused-ring (bicyclic) bond motifs is 1. The Bertz CT molecular complexity index is 438. The zero-order valence-electron chi connectivity index (χ0n) is 6.76. The molecule has 0 fully saturated rings. The molecular formula is C9H9NO2. The second kappa shape index (κ2) is 2.24. The van der Waals surface area contributed by atoms with Gasteiger partial charge in [-0.2, -0.15) is 0 Å². The fourth-order valence-corrected chi connectivity index (χ4v) is 1.21. The molecule has 0 saturated carbocycles. The minimum atomic E-state index is 0.0904. The van der Waals surface area contributed by atoms with E-state index in [1.54, 1.807) is 12.1 Å². The molecule has 2 aromatic carbocycles. The molecule has 0 radical (unpaired) electrons. The van der Waals surface area contributed by atoms with E-state index in [0.717, 1.165) is 10.8 Å². The standard InChI is InChI=1S/C9H9NO2/c1-2-12-8-4-6-5(9(6)11)3-7(8)10/h3-4H,2,10H2,1H3. The van der Waals surface area contributed by atoms with E-state index in [2.05, 4.69) is 0 Å². The van der Waals surface area contributed by atoms with Crippen LogP contribution in [0.15, 0.2) is 16.9 Å². The van der Waals surface area contributed by atoms with Crippen LogP contribution in [-0.2, 0) is 0 Å². The van der Waals surface area contributed by atoms with E-state index < -0.39 is 0 Å². The number of ether oxygens (including phenoxy) is 1. The second-order valence-corrected chi connectivity index (χ2v) is 2.70. The third-order valence-corrected chi connectivity index (χ3v) is 1.88. The van der Waals surface area contributed by atoms with Crippen molar-refractivity contribution in [1.29, 1.82) is 0 Å². The van der Waals surface area contributed by atoms with E-state index in [4.69, 9.17) is 10.5 Å². The van der Waals surface area contributed by atoms with Gasteiger partial charge in [0.1, 0.15) is 5.75 Å². The molecule has 0 bridgehead atoms. The van der Waals surface area contributed by atoms with Crippen LogP contribution in [0.2, 0.25) is 0 Å². The Morgan fingerprint density at radius 3 is 2.75 bits per heavy atom. The molecule has 0 aliphatic carbocycles. The molecule has 0 aromatic heterocycles. The van der Waals surface area contributed by atoms with Gasteiger partial charge in [-0.05, 0) is 19.1 Å². The molecule has 0 spiro atoms. The average Bonchev–Trinajstić information content (AvgIpc) is 2.64. The van der Waals surface area contributed by atoms with Gasteiger partial charge in [-0.15, -0.1) is 0 Å². The minimum absolute atomic E-state index is 0.0904. The number of nitrogens with two attached hydrogens (primary N) is 1. The summed E-state index contributed by atoms with van der Waals surface area (Å²) < 4.78 is 5.22. The van der Waals surface area contributed by atoms with Gasteiger partial charge in [0.2, 0.25) is 0 Å². The third-order valence-electron chi connectivity index (χ3n) is 1.88. The average molecular weight is 163 g/mol. The zero-order chi connectivity index (χ0) is 8.72. The first-order valence-corrected chi connectivity index (χ1v) is 3.85. The summed E-state index contributed by atoms with van der Waals surface area (Å²) in [7, 11) is 0. The molecule has 2 N–H and O–H groups in total. The molecule has 0 heterocycles. The Morgan fingerprint density at radius 1 is 1.42 bits per heavy atom. The Balaban J connectivity index is 2.51. The lowest BCUT2D eigenvalue weighted by atomic mass is 10.3. The van der Waals surface area contributed by atoms with Gasteiger partial charge < -0.3 is 10.5 Å². The Hall–Kier alpha value is -1.51. The summed E-state index contributed by atoms with van der Waals surface area (Å²) >= 11 is 0. The first-order valence-electron chi connectivity index (χ1n) is 3.85. The van der Waals surface area contributed by atoms with Gasteiger partial charge in [-0.1, -0.05) is 0 Å². The Morgan fingerprint density at radius 2 is 2.08 bits per heavy atom. The molecule has 0 saturated heterocycles. The normalized spacial score (nSPS) is 11.1. The lowest BCUT2D eigenvalue weighted by Crippen LogP contribution is -1.95. The maximum atomic E-state index is 10.9. The lowest BCUT2D eigenvalue weighted by Gasteiger charge is -2.03. The maximum Gasteiger partial charge on any atom is 0.194 e. The fourth-order valence-electron chi connectivity index (χ4n) is 1.21. The summed E-state index contributed by atoms with van der Waals surface area (Å²) in [4.78, 5) is 10.9. The van der Waals surface area contributed by atoms with Crippen molar-refractivity contribution < 1.29 is 4.74 Å². The van der Waals surface area contributed by atoms with Crippen LogP contribution in [0.5, 0.6) is 5.75 Å². The van der Waals surface area contributed by atoms with E-state index >= 15 is 0 Å². The number of anilines is 1. The molecule has 2 aromatic rings. The van der Waals surface area contributed by atoms with Crippen molar-refractivity contribution in [2.75, 3.05) is 12.3 Å². The van der Waals surface area contributed by atoms with Gasteiger partial charge in [0.15, 0.2) is 5.43 Å². The highest BCUT2D eigenvalue weighted by atomic mass is 16.5. The van der Waals surface area contributed by atoms with Crippen molar-refractivity contribution >= 4 is 16.5 Å². The largest absolute Gasteiger partial charge is 0.492 e. The van der Waals surface area contributed by atoms with Crippen LogP contribution in [0.4, 0.5) is 5.69 Å². The van der Waals surface area contributed by atoms with Gasteiger partial charge in [-0.3, -0.25) is 4.79 Å². The van der Waals surface area contributed by atoms with Crippen molar-refractivity contribution in [2.24, 2.45) is 0 Å². The number of benzene rings is 1. The molecule has 0 aliphatic rings. The lowest BCUT2D eigenvalue weighted by molar-refractivity contribution is 0.342. The van der Waals surface area contributed by atoms with Crippen LogP contribution < -0.4 is 15.9 Å². The zero-order valence-corrected chi connectivity index (χ0v) is 6.76. The van der Waals surface area contributed by atoms with Crippen molar-refractivity contribution in [1.82, 2.24) is 0 Å². The summed E-state index contributed by atoms with van der Waals surface area (Å²) in [5.74, 6) is 0.613. The summed E-state index contributed by atoms with van der Waals surface area (Å²) in [6.07, 6.45) is 0. The van der Waals surface area contributed by atoms with Crippen LogP contribution in [0.25, 0.3) is 10.8 Å². The molecule has 0 atom stereocenters. The predicted molar refractivity (Wildman–Crippen MR) is 48.2 cm³/mol. The van der Waals surface area contributed by atoms with Crippen LogP contribution in [0.3, 0.4) is 0 Å².